The normalized spacial score (nSPS) is 21.9. The molecule has 2 heterocycles. The maximum absolute atomic E-state index is 11.3. The van der Waals surface area contributed by atoms with E-state index in [0.717, 1.165) is 25.2 Å². The molecule has 3 heteroatoms. The molecule has 64 valence electrons. The monoisotopic (exact) mass is 164 g/mol. The molecule has 0 aromatic carbocycles. The summed E-state index contributed by atoms with van der Waals surface area (Å²) in [6.45, 7) is 2.96. The molecular weight excluding hydrogens is 152 g/mol. The van der Waals surface area contributed by atoms with Crippen LogP contribution >= 0.6 is 0 Å². The summed E-state index contributed by atoms with van der Waals surface area (Å²) in [5, 5.41) is 0. The molecule has 1 aliphatic rings. The maximum atomic E-state index is 11.3. The highest BCUT2D eigenvalue weighted by molar-refractivity contribution is 5.01. The Hall–Kier alpha value is -1.12. The standard InChI is InChI=1S/C9H12N2O/c1-7-3-2-6-11-8(12)4-5-10-9(7)11/h4-5,7H,2-3,6H2,1H3/t7-/m0/s1. The van der Waals surface area contributed by atoms with Gasteiger partial charge in [-0.15, -0.1) is 0 Å². The topological polar surface area (TPSA) is 34.9 Å². The van der Waals surface area contributed by atoms with Gasteiger partial charge in [0.2, 0.25) is 0 Å². The largest absolute Gasteiger partial charge is 0.296 e. The average molecular weight is 164 g/mol. The van der Waals surface area contributed by atoms with Crippen molar-refractivity contribution in [1.82, 2.24) is 9.55 Å². The van der Waals surface area contributed by atoms with Gasteiger partial charge in [0.1, 0.15) is 5.82 Å². The molecule has 0 radical (unpaired) electrons. The van der Waals surface area contributed by atoms with Gasteiger partial charge in [-0.05, 0) is 12.8 Å². The smallest absolute Gasteiger partial charge is 0.253 e. The Bertz CT molecular complexity index is 343. The van der Waals surface area contributed by atoms with Crippen LogP contribution in [0.1, 0.15) is 31.5 Å². The summed E-state index contributed by atoms with van der Waals surface area (Å²) in [6, 6.07) is 1.53. The molecule has 0 fully saturated rings. The molecule has 0 bridgehead atoms. The fourth-order valence-corrected chi connectivity index (χ4v) is 1.75. The lowest BCUT2D eigenvalue weighted by Gasteiger charge is -2.21. The van der Waals surface area contributed by atoms with Gasteiger partial charge in [-0.1, -0.05) is 6.92 Å². The van der Waals surface area contributed by atoms with Crippen molar-refractivity contribution in [3.8, 4) is 0 Å². The van der Waals surface area contributed by atoms with Crippen molar-refractivity contribution in [3.63, 3.8) is 0 Å². The molecule has 3 nitrogen and oxygen atoms in total. The van der Waals surface area contributed by atoms with Crippen LogP contribution in [0.25, 0.3) is 0 Å². The van der Waals surface area contributed by atoms with Crippen LogP contribution in [-0.4, -0.2) is 9.55 Å². The lowest BCUT2D eigenvalue weighted by molar-refractivity contribution is 0.442. The Balaban J connectivity index is 2.59. The van der Waals surface area contributed by atoms with E-state index in [4.69, 9.17) is 0 Å². The lowest BCUT2D eigenvalue weighted by atomic mass is 10.0. The minimum Gasteiger partial charge on any atom is -0.296 e. The van der Waals surface area contributed by atoms with Crippen LogP contribution in [0.5, 0.6) is 0 Å². The molecule has 1 aromatic heterocycles. The summed E-state index contributed by atoms with van der Waals surface area (Å²) in [4.78, 5) is 15.6. The van der Waals surface area contributed by atoms with E-state index in [1.165, 1.54) is 6.07 Å². The summed E-state index contributed by atoms with van der Waals surface area (Å²) < 4.78 is 1.79. The Morgan fingerprint density at radius 3 is 3.25 bits per heavy atom. The highest BCUT2D eigenvalue weighted by Gasteiger charge is 2.17. The van der Waals surface area contributed by atoms with Gasteiger partial charge in [0.05, 0.1) is 0 Å². The third kappa shape index (κ3) is 1.05. The number of hydrogen-bond acceptors (Lipinski definition) is 2. The lowest BCUT2D eigenvalue weighted by Crippen LogP contribution is -2.28. The van der Waals surface area contributed by atoms with Crippen LogP contribution in [0.2, 0.25) is 0 Å². The van der Waals surface area contributed by atoms with Crippen molar-refractivity contribution < 1.29 is 0 Å². The molecular formula is C9H12N2O. The van der Waals surface area contributed by atoms with E-state index in [-0.39, 0.29) is 5.56 Å². The van der Waals surface area contributed by atoms with Crippen molar-refractivity contribution in [1.29, 1.82) is 0 Å². The molecule has 0 saturated heterocycles. The summed E-state index contributed by atoms with van der Waals surface area (Å²) in [5.74, 6) is 1.39. The van der Waals surface area contributed by atoms with Gasteiger partial charge in [0, 0.05) is 24.7 Å². The fraction of sp³-hybridized carbons (Fsp3) is 0.556. The van der Waals surface area contributed by atoms with Gasteiger partial charge in [0.15, 0.2) is 0 Å². The minimum absolute atomic E-state index is 0.0894. The maximum Gasteiger partial charge on any atom is 0.253 e. The Labute approximate surface area is 71.1 Å². The predicted octanol–water partition coefficient (Wildman–Crippen LogP) is 1.14. The van der Waals surface area contributed by atoms with Gasteiger partial charge < -0.3 is 0 Å². The third-order valence-electron chi connectivity index (χ3n) is 2.43. The zero-order valence-electron chi connectivity index (χ0n) is 7.16. The molecule has 1 aromatic rings. The summed E-state index contributed by atoms with van der Waals surface area (Å²) in [5.41, 5.74) is 0.0894. The Morgan fingerprint density at radius 2 is 2.50 bits per heavy atom. The van der Waals surface area contributed by atoms with Crippen LogP contribution in [0.4, 0.5) is 0 Å². The molecule has 0 N–H and O–H groups in total. The second kappa shape index (κ2) is 2.73. The molecule has 1 atom stereocenters. The molecule has 0 aliphatic carbocycles. The highest BCUT2D eigenvalue weighted by atomic mass is 16.1. The molecule has 1 aliphatic heterocycles. The molecule has 0 spiro atoms. The SMILES string of the molecule is C[C@H]1CCCn2c1nccc2=O. The minimum atomic E-state index is 0.0894. The van der Waals surface area contributed by atoms with Crippen LogP contribution in [0, 0.1) is 0 Å². The van der Waals surface area contributed by atoms with E-state index in [0.29, 0.717) is 5.92 Å². The molecule has 2 rings (SSSR count). The van der Waals surface area contributed by atoms with Crippen LogP contribution in [-0.2, 0) is 6.54 Å². The third-order valence-corrected chi connectivity index (χ3v) is 2.43. The second-order valence-corrected chi connectivity index (χ2v) is 3.34. The first-order chi connectivity index (χ1) is 5.79. The number of aromatic nitrogens is 2. The van der Waals surface area contributed by atoms with E-state index in [9.17, 15) is 4.79 Å². The van der Waals surface area contributed by atoms with Crippen molar-refractivity contribution in [2.75, 3.05) is 0 Å². The van der Waals surface area contributed by atoms with Gasteiger partial charge in [0.25, 0.3) is 5.56 Å². The zero-order valence-corrected chi connectivity index (χ0v) is 7.16. The fourth-order valence-electron chi connectivity index (χ4n) is 1.75. The van der Waals surface area contributed by atoms with Gasteiger partial charge >= 0.3 is 0 Å². The van der Waals surface area contributed by atoms with Crippen molar-refractivity contribution in [2.24, 2.45) is 0 Å². The quantitative estimate of drug-likeness (QED) is 0.576. The molecule has 0 saturated carbocycles. The predicted molar refractivity (Wildman–Crippen MR) is 46.1 cm³/mol. The first-order valence-electron chi connectivity index (χ1n) is 4.35. The van der Waals surface area contributed by atoms with E-state index >= 15 is 0 Å². The van der Waals surface area contributed by atoms with Gasteiger partial charge in [-0.3, -0.25) is 9.36 Å². The van der Waals surface area contributed by atoms with E-state index in [1.54, 1.807) is 10.8 Å². The van der Waals surface area contributed by atoms with Crippen molar-refractivity contribution in [3.05, 3.63) is 28.4 Å². The highest BCUT2D eigenvalue weighted by Crippen LogP contribution is 2.22. The molecule has 0 amide bonds. The van der Waals surface area contributed by atoms with E-state index in [1.807, 2.05) is 0 Å². The van der Waals surface area contributed by atoms with E-state index < -0.39 is 0 Å². The molecule has 0 unspecified atom stereocenters. The first-order valence-corrected chi connectivity index (χ1v) is 4.35. The average Bonchev–Trinajstić information content (AvgIpc) is 2.07. The number of fused-ring (bicyclic) bond motifs is 1. The number of nitrogens with zero attached hydrogens (tertiary/aromatic N) is 2. The van der Waals surface area contributed by atoms with Crippen LogP contribution in [0.15, 0.2) is 17.1 Å². The van der Waals surface area contributed by atoms with Gasteiger partial charge in [-0.2, -0.15) is 0 Å². The number of rotatable bonds is 0. The first kappa shape index (κ1) is 7.53. The Morgan fingerprint density at radius 1 is 1.67 bits per heavy atom. The summed E-state index contributed by atoms with van der Waals surface area (Å²) in [7, 11) is 0. The van der Waals surface area contributed by atoms with Crippen molar-refractivity contribution >= 4 is 0 Å². The zero-order chi connectivity index (χ0) is 8.55. The summed E-state index contributed by atoms with van der Waals surface area (Å²) in [6.07, 6.45) is 3.85. The number of hydrogen-bond donors (Lipinski definition) is 0. The van der Waals surface area contributed by atoms with Crippen LogP contribution in [0.3, 0.4) is 0 Å². The molecule has 12 heavy (non-hydrogen) atoms. The van der Waals surface area contributed by atoms with E-state index in [2.05, 4.69) is 11.9 Å². The second-order valence-electron chi connectivity index (χ2n) is 3.34. The van der Waals surface area contributed by atoms with Crippen molar-refractivity contribution in [2.45, 2.75) is 32.2 Å². The van der Waals surface area contributed by atoms with Gasteiger partial charge in [-0.25, -0.2) is 4.98 Å². The Kier molecular flexibility index (Phi) is 1.71. The summed E-state index contributed by atoms with van der Waals surface area (Å²) >= 11 is 0. The van der Waals surface area contributed by atoms with Crippen LogP contribution < -0.4 is 5.56 Å².